The SMILES string of the molecule is CCOc1ccc(NC(=O)CN2C(=O)S/C(=C/c3ccc(OCC(=O)Nc4ccccc4C(C)C)c(OCC)c3)C2=O)cc1. The van der Waals surface area contributed by atoms with Gasteiger partial charge in [0.2, 0.25) is 5.91 Å². The number of carbonyl (C=O) groups is 4. The smallest absolute Gasteiger partial charge is 0.294 e. The van der Waals surface area contributed by atoms with Gasteiger partial charge in [-0.1, -0.05) is 38.1 Å². The average molecular weight is 618 g/mol. The van der Waals surface area contributed by atoms with Crippen molar-refractivity contribution in [2.24, 2.45) is 0 Å². The number of amides is 4. The van der Waals surface area contributed by atoms with Crippen LogP contribution in [0.5, 0.6) is 17.2 Å². The molecule has 1 aliphatic heterocycles. The first-order chi connectivity index (χ1) is 21.2. The van der Waals surface area contributed by atoms with Crippen LogP contribution in [0.25, 0.3) is 6.08 Å². The fourth-order valence-electron chi connectivity index (χ4n) is 4.38. The zero-order valence-electron chi connectivity index (χ0n) is 25.0. The fourth-order valence-corrected chi connectivity index (χ4v) is 5.22. The lowest BCUT2D eigenvalue weighted by molar-refractivity contribution is -0.127. The summed E-state index contributed by atoms with van der Waals surface area (Å²) in [6, 6.07) is 19.4. The number of benzene rings is 3. The normalized spacial score (nSPS) is 13.8. The van der Waals surface area contributed by atoms with Gasteiger partial charge >= 0.3 is 0 Å². The zero-order chi connectivity index (χ0) is 31.6. The molecule has 0 bridgehead atoms. The van der Waals surface area contributed by atoms with E-state index in [9.17, 15) is 19.2 Å². The Bertz CT molecular complexity index is 1550. The zero-order valence-corrected chi connectivity index (χ0v) is 25.9. The second-order valence-corrected chi connectivity index (χ2v) is 11.0. The summed E-state index contributed by atoms with van der Waals surface area (Å²) in [5.74, 6) is 0.258. The number of anilines is 2. The Morgan fingerprint density at radius 2 is 1.59 bits per heavy atom. The van der Waals surface area contributed by atoms with Gasteiger partial charge in [0.05, 0.1) is 18.1 Å². The van der Waals surface area contributed by atoms with Crippen LogP contribution in [-0.2, 0) is 14.4 Å². The lowest BCUT2D eigenvalue weighted by Gasteiger charge is -2.15. The molecule has 0 atom stereocenters. The van der Waals surface area contributed by atoms with E-state index in [0.29, 0.717) is 41.7 Å². The van der Waals surface area contributed by atoms with Crippen LogP contribution < -0.4 is 24.8 Å². The maximum Gasteiger partial charge on any atom is 0.294 e. The molecule has 0 aliphatic carbocycles. The minimum absolute atomic E-state index is 0.170. The van der Waals surface area contributed by atoms with Gasteiger partial charge in [-0.3, -0.25) is 24.1 Å². The molecule has 0 aromatic heterocycles. The largest absolute Gasteiger partial charge is 0.494 e. The summed E-state index contributed by atoms with van der Waals surface area (Å²) in [6.45, 7) is 8.01. The van der Waals surface area contributed by atoms with Gasteiger partial charge in [0.1, 0.15) is 12.3 Å². The summed E-state index contributed by atoms with van der Waals surface area (Å²) in [5, 5.41) is 5.04. The summed E-state index contributed by atoms with van der Waals surface area (Å²) >= 11 is 0.751. The number of hydrogen-bond acceptors (Lipinski definition) is 8. The minimum atomic E-state index is -0.571. The molecule has 10 nitrogen and oxygen atoms in total. The highest BCUT2D eigenvalue weighted by molar-refractivity contribution is 8.18. The molecule has 1 saturated heterocycles. The number of nitrogens with one attached hydrogen (secondary N) is 2. The molecule has 0 saturated carbocycles. The second-order valence-electron chi connectivity index (χ2n) is 9.99. The van der Waals surface area contributed by atoms with Crippen LogP contribution in [0.1, 0.15) is 44.7 Å². The fraction of sp³-hybridized carbons (Fsp3) is 0.273. The van der Waals surface area contributed by atoms with Crippen LogP contribution in [0.15, 0.2) is 71.6 Å². The molecule has 4 amide bonds. The summed E-state index contributed by atoms with van der Waals surface area (Å²) in [5.41, 5.74) is 2.86. The molecule has 3 aromatic rings. The highest BCUT2D eigenvalue weighted by Gasteiger charge is 2.36. The molecule has 230 valence electrons. The third-order valence-electron chi connectivity index (χ3n) is 6.41. The van der Waals surface area contributed by atoms with Crippen molar-refractivity contribution in [3.8, 4) is 17.2 Å². The molecular formula is C33H35N3O7S. The van der Waals surface area contributed by atoms with E-state index in [4.69, 9.17) is 14.2 Å². The number of ether oxygens (including phenoxy) is 3. The van der Waals surface area contributed by atoms with E-state index >= 15 is 0 Å². The van der Waals surface area contributed by atoms with Gasteiger partial charge in [0.25, 0.3) is 17.1 Å². The average Bonchev–Trinajstić information content (AvgIpc) is 3.25. The van der Waals surface area contributed by atoms with E-state index in [-0.39, 0.29) is 23.3 Å². The minimum Gasteiger partial charge on any atom is -0.494 e. The molecule has 2 N–H and O–H groups in total. The monoisotopic (exact) mass is 617 g/mol. The van der Waals surface area contributed by atoms with Crippen molar-refractivity contribution in [2.45, 2.75) is 33.6 Å². The van der Waals surface area contributed by atoms with Crippen molar-refractivity contribution in [3.63, 3.8) is 0 Å². The molecule has 4 rings (SSSR count). The van der Waals surface area contributed by atoms with Crippen molar-refractivity contribution < 1.29 is 33.4 Å². The van der Waals surface area contributed by atoms with E-state index in [2.05, 4.69) is 24.5 Å². The molecule has 11 heteroatoms. The molecule has 0 unspecified atom stereocenters. The van der Waals surface area contributed by atoms with Gasteiger partial charge in [-0.2, -0.15) is 0 Å². The van der Waals surface area contributed by atoms with Gasteiger partial charge in [0, 0.05) is 11.4 Å². The first-order valence-corrected chi connectivity index (χ1v) is 15.1. The van der Waals surface area contributed by atoms with Gasteiger partial charge in [0.15, 0.2) is 18.1 Å². The number of thioether (sulfide) groups is 1. The molecule has 1 heterocycles. The Kier molecular flexibility index (Phi) is 11.0. The highest BCUT2D eigenvalue weighted by atomic mass is 32.2. The number of imide groups is 1. The highest BCUT2D eigenvalue weighted by Crippen LogP contribution is 2.35. The molecule has 1 aliphatic rings. The van der Waals surface area contributed by atoms with Gasteiger partial charge < -0.3 is 24.8 Å². The first-order valence-electron chi connectivity index (χ1n) is 14.2. The Balaban J connectivity index is 1.39. The number of hydrogen-bond donors (Lipinski definition) is 2. The van der Waals surface area contributed by atoms with Crippen LogP contribution in [0.2, 0.25) is 0 Å². The Morgan fingerprint density at radius 1 is 0.864 bits per heavy atom. The van der Waals surface area contributed by atoms with E-state index in [1.807, 2.05) is 38.1 Å². The topological polar surface area (TPSA) is 123 Å². The van der Waals surface area contributed by atoms with Gasteiger partial charge in [-0.15, -0.1) is 0 Å². The third-order valence-corrected chi connectivity index (χ3v) is 7.31. The molecule has 1 fully saturated rings. The summed E-state index contributed by atoms with van der Waals surface area (Å²) < 4.78 is 16.9. The van der Waals surface area contributed by atoms with Crippen molar-refractivity contribution in [1.82, 2.24) is 4.90 Å². The predicted octanol–water partition coefficient (Wildman–Crippen LogP) is 6.30. The maximum absolute atomic E-state index is 13.0. The van der Waals surface area contributed by atoms with Crippen LogP contribution >= 0.6 is 11.8 Å². The standard InChI is InChI=1S/C33H35N3O7S/c1-5-41-24-14-12-23(13-15-24)34-30(37)19-36-32(39)29(44-33(36)40)18-22-11-16-27(28(17-22)42-6-2)43-20-31(38)35-26-10-8-7-9-25(26)21(3)4/h7-18,21H,5-6,19-20H2,1-4H3,(H,34,37)(H,35,38)/b29-18+. The lowest BCUT2D eigenvalue weighted by atomic mass is 10.0. The van der Waals surface area contributed by atoms with Gasteiger partial charge in [-0.25, -0.2) is 0 Å². The van der Waals surface area contributed by atoms with Crippen molar-refractivity contribution >= 4 is 52.2 Å². The van der Waals surface area contributed by atoms with Crippen LogP contribution in [0.4, 0.5) is 16.2 Å². The first kappa shape index (κ1) is 32.2. The van der Waals surface area contributed by atoms with Crippen molar-refractivity contribution in [2.75, 3.05) is 37.0 Å². The van der Waals surface area contributed by atoms with E-state index in [0.717, 1.165) is 27.9 Å². The molecule has 44 heavy (non-hydrogen) atoms. The lowest BCUT2D eigenvalue weighted by Crippen LogP contribution is -2.36. The summed E-state index contributed by atoms with van der Waals surface area (Å²) in [6.07, 6.45) is 1.55. The Morgan fingerprint density at radius 3 is 2.30 bits per heavy atom. The predicted molar refractivity (Wildman–Crippen MR) is 171 cm³/mol. The molecule has 0 spiro atoms. The third kappa shape index (κ3) is 8.41. The van der Waals surface area contributed by atoms with Gasteiger partial charge in [-0.05, 0) is 91.2 Å². The summed E-state index contributed by atoms with van der Waals surface area (Å²) in [4.78, 5) is 51.9. The van der Waals surface area contributed by atoms with Crippen molar-refractivity contribution in [3.05, 3.63) is 82.8 Å². The Hall–Kier alpha value is -4.77. The van der Waals surface area contributed by atoms with Crippen LogP contribution in [-0.4, -0.2) is 54.2 Å². The van der Waals surface area contributed by atoms with E-state index in [1.54, 1.807) is 48.5 Å². The maximum atomic E-state index is 13.0. The number of rotatable bonds is 13. The number of carbonyl (C=O) groups excluding carboxylic acids is 4. The molecule has 3 aromatic carbocycles. The quantitative estimate of drug-likeness (QED) is 0.214. The van der Waals surface area contributed by atoms with E-state index in [1.165, 1.54) is 0 Å². The molecular weight excluding hydrogens is 582 g/mol. The van der Waals surface area contributed by atoms with Crippen LogP contribution in [0, 0.1) is 0 Å². The number of para-hydroxylation sites is 1. The van der Waals surface area contributed by atoms with E-state index < -0.39 is 23.6 Å². The van der Waals surface area contributed by atoms with Crippen LogP contribution in [0.3, 0.4) is 0 Å². The van der Waals surface area contributed by atoms with Crippen molar-refractivity contribution in [1.29, 1.82) is 0 Å². The Labute approximate surface area is 260 Å². The molecule has 0 radical (unpaired) electrons. The summed E-state index contributed by atoms with van der Waals surface area (Å²) in [7, 11) is 0. The number of nitrogens with zero attached hydrogens (tertiary/aromatic N) is 1. The second kappa shape index (κ2) is 15.1.